The Labute approximate surface area is 80.9 Å². The first-order valence-corrected chi connectivity index (χ1v) is 5.62. The van der Waals surface area contributed by atoms with Crippen LogP contribution >= 0.6 is 15.9 Å². The maximum absolute atomic E-state index is 4.08. The van der Waals surface area contributed by atoms with Gasteiger partial charge in [0.15, 0.2) is 0 Å². The molecule has 0 bridgehead atoms. The van der Waals surface area contributed by atoms with Crippen molar-refractivity contribution in [2.24, 2.45) is 0 Å². The van der Waals surface area contributed by atoms with E-state index in [0.29, 0.717) is 0 Å². The molecule has 12 heavy (non-hydrogen) atoms. The van der Waals surface area contributed by atoms with E-state index < -0.39 is 0 Å². The first kappa shape index (κ1) is 8.30. The van der Waals surface area contributed by atoms with Crippen LogP contribution in [0.2, 0.25) is 0 Å². The molecule has 1 N–H and O–H groups in total. The highest BCUT2D eigenvalue weighted by molar-refractivity contribution is 9.08. The van der Waals surface area contributed by atoms with Crippen molar-refractivity contribution in [1.82, 2.24) is 10.2 Å². The van der Waals surface area contributed by atoms with Gasteiger partial charge in [-0.1, -0.05) is 28.8 Å². The van der Waals surface area contributed by atoms with Crippen LogP contribution in [0.15, 0.2) is 6.20 Å². The molecule has 0 aliphatic heterocycles. The molecule has 1 fully saturated rings. The second kappa shape index (κ2) is 3.60. The summed E-state index contributed by atoms with van der Waals surface area (Å²) in [7, 11) is 0. The van der Waals surface area contributed by atoms with Gasteiger partial charge in [-0.25, -0.2) is 0 Å². The third-order valence-corrected chi connectivity index (χ3v) is 3.26. The minimum atomic E-state index is 0.750. The Balaban J connectivity index is 2.19. The molecule has 3 heteroatoms. The summed E-state index contributed by atoms with van der Waals surface area (Å²) in [6.45, 7) is 0. The zero-order valence-corrected chi connectivity index (χ0v) is 8.60. The number of hydrogen-bond acceptors (Lipinski definition) is 1. The number of hydrogen-bond donors (Lipinski definition) is 1. The molecule has 0 amide bonds. The molecule has 0 aromatic carbocycles. The quantitative estimate of drug-likeness (QED) is 0.776. The van der Waals surface area contributed by atoms with Crippen LogP contribution in [0.4, 0.5) is 0 Å². The lowest BCUT2D eigenvalue weighted by Crippen LogP contribution is -1.95. The molecular formula is C9H13BrN2. The van der Waals surface area contributed by atoms with E-state index >= 15 is 0 Å². The van der Waals surface area contributed by atoms with Crippen molar-refractivity contribution in [2.45, 2.75) is 36.9 Å². The SMILES string of the molecule is BrCc1cn[nH]c1C1CCCC1. The van der Waals surface area contributed by atoms with Crippen LogP contribution in [0, 0.1) is 0 Å². The van der Waals surface area contributed by atoms with Crippen molar-refractivity contribution in [3.05, 3.63) is 17.5 Å². The summed E-state index contributed by atoms with van der Waals surface area (Å²) in [4.78, 5) is 0. The van der Waals surface area contributed by atoms with Crippen molar-refractivity contribution in [3.8, 4) is 0 Å². The van der Waals surface area contributed by atoms with E-state index in [2.05, 4.69) is 26.1 Å². The Hall–Kier alpha value is -0.310. The van der Waals surface area contributed by atoms with E-state index in [1.54, 1.807) is 0 Å². The lowest BCUT2D eigenvalue weighted by molar-refractivity contribution is 0.688. The first-order valence-electron chi connectivity index (χ1n) is 4.50. The van der Waals surface area contributed by atoms with Gasteiger partial charge in [0.25, 0.3) is 0 Å². The third-order valence-electron chi connectivity index (χ3n) is 2.66. The van der Waals surface area contributed by atoms with E-state index in [1.807, 2.05) is 6.20 Å². The Kier molecular flexibility index (Phi) is 2.49. The normalized spacial score (nSPS) is 18.8. The van der Waals surface area contributed by atoms with E-state index in [4.69, 9.17) is 0 Å². The lowest BCUT2D eigenvalue weighted by atomic mass is 10.0. The lowest BCUT2D eigenvalue weighted by Gasteiger charge is -2.07. The molecule has 0 saturated heterocycles. The molecule has 1 aliphatic carbocycles. The van der Waals surface area contributed by atoms with Crippen molar-refractivity contribution in [3.63, 3.8) is 0 Å². The van der Waals surface area contributed by atoms with E-state index in [-0.39, 0.29) is 0 Å². The van der Waals surface area contributed by atoms with Gasteiger partial charge in [0.1, 0.15) is 0 Å². The minimum absolute atomic E-state index is 0.750. The highest BCUT2D eigenvalue weighted by Crippen LogP contribution is 2.34. The zero-order chi connectivity index (χ0) is 8.39. The van der Waals surface area contributed by atoms with Crippen LogP contribution in [0.3, 0.4) is 0 Å². The number of rotatable bonds is 2. The van der Waals surface area contributed by atoms with Gasteiger partial charge >= 0.3 is 0 Å². The van der Waals surface area contributed by atoms with E-state index in [0.717, 1.165) is 11.2 Å². The molecule has 1 aromatic rings. The largest absolute Gasteiger partial charge is 0.282 e. The molecule has 0 atom stereocenters. The summed E-state index contributed by atoms with van der Waals surface area (Å²) in [6.07, 6.45) is 7.36. The van der Waals surface area contributed by atoms with Crippen LogP contribution in [-0.2, 0) is 5.33 Å². The second-order valence-electron chi connectivity index (χ2n) is 3.42. The van der Waals surface area contributed by atoms with Crippen molar-refractivity contribution >= 4 is 15.9 Å². The number of aromatic amines is 1. The predicted molar refractivity (Wildman–Crippen MR) is 52.4 cm³/mol. The van der Waals surface area contributed by atoms with Crippen LogP contribution < -0.4 is 0 Å². The highest BCUT2D eigenvalue weighted by Gasteiger charge is 2.20. The smallest absolute Gasteiger partial charge is 0.0530 e. The molecule has 0 radical (unpaired) electrons. The standard InChI is InChI=1S/C9H13BrN2/c10-5-8-6-11-12-9(8)7-3-1-2-4-7/h6-7H,1-5H2,(H,11,12). The molecule has 0 spiro atoms. The molecule has 2 rings (SSSR count). The van der Waals surface area contributed by atoms with E-state index in [1.165, 1.54) is 36.9 Å². The highest BCUT2D eigenvalue weighted by atomic mass is 79.9. The van der Waals surface area contributed by atoms with Crippen molar-refractivity contribution < 1.29 is 0 Å². The zero-order valence-electron chi connectivity index (χ0n) is 7.02. The molecule has 1 aliphatic rings. The number of H-pyrrole nitrogens is 1. The number of alkyl halides is 1. The van der Waals surface area contributed by atoms with Gasteiger partial charge in [-0.2, -0.15) is 5.10 Å². The van der Waals surface area contributed by atoms with Gasteiger partial charge in [0, 0.05) is 22.5 Å². The Morgan fingerprint density at radius 1 is 1.50 bits per heavy atom. The van der Waals surface area contributed by atoms with Gasteiger partial charge < -0.3 is 0 Å². The van der Waals surface area contributed by atoms with Gasteiger partial charge in [0.2, 0.25) is 0 Å². The molecule has 1 aromatic heterocycles. The third kappa shape index (κ3) is 1.42. The fourth-order valence-electron chi connectivity index (χ4n) is 2.00. The molecule has 2 nitrogen and oxygen atoms in total. The van der Waals surface area contributed by atoms with Crippen molar-refractivity contribution in [1.29, 1.82) is 0 Å². The van der Waals surface area contributed by atoms with E-state index in [9.17, 15) is 0 Å². The Bertz CT molecular complexity index is 251. The first-order chi connectivity index (χ1) is 5.92. The number of aromatic nitrogens is 2. The molecular weight excluding hydrogens is 216 g/mol. The summed E-state index contributed by atoms with van der Waals surface area (Å²) in [5, 5.41) is 8.13. The summed E-state index contributed by atoms with van der Waals surface area (Å²) in [6, 6.07) is 0. The fourth-order valence-corrected chi connectivity index (χ4v) is 2.44. The summed E-state index contributed by atoms with van der Waals surface area (Å²) >= 11 is 3.47. The summed E-state index contributed by atoms with van der Waals surface area (Å²) in [5.41, 5.74) is 2.70. The minimum Gasteiger partial charge on any atom is -0.282 e. The molecule has 0 unspecified atom stereocenters. The summed E-state index contributed by atoms with van der Waals surface area (Å²) < 4.78 is 0. The number of nitrogens with zero attached hydrogens (tertiary/aromatic N) is 1. The van der Waals surface area contributed by atoms with Crippen LogP contribution in [0.5, 0.6) is 0 Å². The van der Waals surface area contributed by atoms with Crippen LogP contribution in [-0.4, -0.2) is 10.2 Å². The Morgan fingerprint density at radius 3 is 2.92 bits per heavy atom. The summed E-state index contributed by atoms with van der Waals surface area (Å²) in [5.74, 6) is 0.750. The second-order valence-corrected chi connectivity index (χ2v) is 3.98. The average Bonchev–Trinajstić information content (AvgIpc) is 2.74. The maximum atomic E-state index is 4.08. The molecule has 1 saturated carbocycles. The van der Waals surface area contributed by atoms with Gasteiger partial charge in [-0.15, -0.1) is 0 Å². The predicted octanol–water partition coefficient (Wildman–Crippen LogP) is 2.96. The number of nitrogens with one attached hydrogen (secondary N) is 1. The van der Waals surface area contributed by atoms with Gasteiger partial charge in [0.05, 0.1) is 6.20 Å². The van der Waals surface area contributed by atoms with Gasteiger partial charge in [-0.05, 0) is 12.8 Å². The molecule has 1 heterocycles. The van der Waals surface area contributed by atoms with Crippen molar-refractivity contribution in [2.75, 3.05) is 0 Å². The molecule has 66 valence electrons. The monoisotopic (exact) mass is 228 g/mol. The van der Waals surface area contributed by atoms with Gasteiger partial charge in [-0.3, -0.25) is 5.10 Å². The number of halogens is 1. The maximum Gasteiger partial charge on any atom is 0.0530 e. The van der Waals surface area contributed by atoms with Crippen LogP contribution in [0.1, 0.15) is 42.9 Å². The topological polar surface area (TPSA) is 28.7 Å². The Morgan fingerprint density at radius 2 is 2.25 bits per heavy atom. The van der Waals surface area contributed by atoms with Crippen LogP contribution in [0.25, 0.3) is 0 Å². The fraction of sp³-hybridized carbons (Fsp3) is 0.667. The average molecular weight is 229 g/mol.